The summed E-state index contributed by atoms with van der Waals surface area (Å²) in [6.07, 6.45) is -4.54. The Labute approximate surface area is 143 Å². The lowest BCUT2D eigenvalue weighted by molar-refractivity contribution is -0.203. The summed E-state index contributed by atoms with van der Waals surface area (Å²) in [5.74, 6) is 0.157. The van der Waals surface area contributed by atoms with Crippen LogP contribution in [0.15, 0.2) is 36.4 Å². The van der Waals surface area contributed by atoms with Gasteiger partial charge in [-0.15, -0.1) is 0 Å². The van der Waals surface area contributed by atoms with Crippen LogP contribution in [0.5, 0.6) is 5.75 Å². The van der Waals surface area contributed by atoms with E-state index in [9.17, 15) is 18.0 Å². The molecule has 4 nitrogen and oxygen atoms in total. The van der Waals surface area contributed by atoms with Crippen molar-refractivity contribution in [2.24, 2.45) is 0 Å². The van der Waals surface area contributed by atoms with Gasteiger partial charge in [0.05, 0.1) is 7.11 Å². The van der Waals surface area contributed by atoms with Crippen molar-refractivity contribution < 1.29 is 22.7 Å². The van der Waals surface area contributed by atoms with E-state index in [0.29, 0.717) is 16.5 Å². The van der Waals surface area contributed by atoms with Gasteiger partial charge in [-0.3, -0.25) is 10.2 Å². The molecule has 2 aromatic carbocycles. The van der Waals surface area contributed by atoms with Crippen molar-refractivity contribution in [2.75, 3.05) is 7.11 Å². The number of hydrazine groups is 1. The van der Waals surface area contributed by atoms with E-state index < -0.39 is 23.7 Å². The first-order valence-corrected chi connectivity index (χ1v) is 7.86. The standard InChI is InChI=1S/C18H19F3N2O2/c1-17(2)10-15(24)22-23(17)16(18(19,20)21)14-6-4-5-11-9-12(25-3)7-8-13(11)14/h4-9,16H,10H2,1-3H3,(H,22,24). The maximum Gasteiger partial charge on any atom is 0.409 e. The predicted molar refractivity (Wildman–Crippen MR) is 88.0 cm³/mol. The Morgan fingerprint density at radius 1 is 1.24 bits per heavy atom. The Kier molecular flexibility index (Phi) is 4.15. The van der Waals surface area contributed by atoms with Crippen LogP contribution in [0, 0.1) is 0 Å². The molecule has 3 rings (SSSR count). The highest BCUT2D eigenvalue weighted by atomic mass is 19.4. The fourth-order valence-electron chi connectivity index (χ4n) is 3.33. The van der Waals surface area contributed by atoms with Gasteiger partial charge in [-0.05, 0) is 42.3 Å². The quantitative estimate of drug-likeness (QED) is 0.909. The molecule has 1 fully saturated rings. The molecular weight excluding hydrogens is 333 g/mol. The maximum absolute atomic E-state index is 14.0. The van der Waals surface area contributed by atoms with Crippen molar-refractivity contribution in [3.8, 4) is 5.75 Å². The third-order valence-electron chi connectivity index (χ3n) is 4.47. The van der Waals surface area contributed by atoms with Crippen molar-refractivity contribution in [3.63, 3.8) is 0 Å². The van der Waals surface area contributed by atoms with Crippen molar-refractivity contribution in [1.82, 2.24) is 10.4 Å². The number of nitrogens with zero attached hydrogens (tertiary/aromatic N) is 1. The summed E-state index contributed by atoms with van der Waals surface area (Å²) in [5, 5.41) is 2.14. The normalized spacial score (nSPS) is 19.0. The highest BCUT2D eigenvalue weighted by Gasteiger charge is 2.53. The number of methoxy groups -OCH3 is 1. The summed E-state index contributed by atoms with van der Waals surface area (Å²) in [5.41, 5.74) is 1.53. The number of carbonyl (C=O) groups excluding carboxylic acids is 1. The van der Waals surface area contributed by atoms with E-state index in [2.05, 4.69) is 5.43 Å². The molecule has 0 saturated carbocycles. The van der Waals surface area contributed by atoms with E-state index in [0.717, 1.165) is 5.01 Å². The number of carbonyl (C=O) groups is 1. The van der Waals surface area contributed by atoms with E-state index in [-0.39, 0.29) is 12.0 Å². The van der Waals surface area contributed by atoms with Crippen LogP contribution in [0.3, 0.4) is 0 Å². The van der Waals surface area contributed by atoms with Gasteiger partial charge in [0.25, 0.3) is 0 Å². The number of alkyl halides is 3. The van der Waals surface area contributed by atoms with Gasteiger partial charge in [0.1, 0.15) is 5.75 Å². The molecule has 0 aromatic heterocycles. The average Bonchev–Trinajstić information content (AvgIpc) is 2.78. The first-order valence-electron chi connectivity index (χ1n) is 7.86. The second kappa shape index (κ2) is 5.91. The molecule has 0 spiro atoms. The summed E-state index contributed by atoms with van der Waals surface area (Å²) in [7, 11) is 1.51. The maximum atomic E-state index is 14.0. The molecule has 1 N–H and O–H groups in total. The number of amides is 1. The Balaban J connectivity index is 2.18. The molecule has 1 atom stereocenters. The van der Waals surface area contributed by atoms with E-state index >= 15 is 0 Å². The van der Waals surface area contributed by atoms with Crippen LogP contribution in [0.1, 0.15) is 31.9 Å². The van der Waals surface area contributed by atoms with Gasteiger partial charge in [0, 0.05) is 12.0 Å². The molecule has 1 unspecified atom stereocenters. The van der Waals surface area contributed by atoms with Crippen LogP contribution >= 0.6 is 0 Å². The summed E-state index contributed by atoms with van der Waals surface area (Å²) in [4.78, 5) is 11.7. The number of fused-ring (bicyclic) bond motifs is 1. The van der Waals surface area contributed by atoms with Crippen LogP contribution < -0.4 is 10.2 Å². The molecule has 1 saturated heterocycles. The minimum atomic E-state index is -4.55. The number of benzene rings is 2. The summed E-state index contributed by atoms with van der Waals surface area (Å²) in [6, 6.07) is 7.78. The smallest absolute Gasteiger partial charge is 0.409 e. The summed E-state index contributed by atoms with van der Waals surface area (Å²) < 4.78 is 47.1. The van der Waals surface area contributed by atoms with Crippen LogP contribution in [-0.4, -0.2) is 29.7 Å². The molecule has 2 aromatic rings. The molecule has 0 aliphatic carbocycles. The Hall–Kier alpha value is -2.28. The van der Waals surface area contributed by atoms with Crippen molar-refractivity contribution >= 4 is 16.7 Å². The number of hydrogen-bond donors (Lipinski definition) is 1. The largest absolute Gasteiger partial charge is 0.497 e. The molecule has 0 bridgehead atoms. The molecule has 1 heterocycles. The molecular formula is C18H19F3N2O2. The van der Waals surface area contributed by atoms with Gasteiger partial charge in [0.15, 0.2) is 6.04 Å². The van der Waals surface area contributed by atoms with Gasteiger partial charge in [0.2, 0.25) is 5.91 Å². The summed E-state index contributed by atoms with van der Waals surface area (Å²) in [6.45, 7) is 3.25. The van der Waals surface area contributed by atoms with Crippen LogP contribution in [-0.2, 0) is 4.79 Å². The lowest BCUT2D eigenvalue weighted by atomic mass is 9.93. The molecule has 1 aliphatic heterocycles. The van der Waals surface area contributed by atoms with Gasteiger partial charge in [-0.1, -0.05) is 24.3 Å². The summed E-state index contributed by atoms with van der Waals surface area (Å²) >= 11 is 0. The zero-order chi connectivity index (χ0) is 18.4. The molecule has 7 heteroatoms. The highest BCUT2D eigenvalue weighted by molar-refractivity contribution is 5.87. The number of hydrogen-bond acceptors (Lipinski definition) is 3. The second-order valence-electron chi connectivity index (χ2n) is 6.77. The average molecular weight is 352 g/mol. The van der Waals surface area contributed by atoms with Gasteiger partial charge >= 0.3 is 6.18 Å². The van der Waals surface area contributed by atoms with E-state index in [1.807, 2.05) is 0 Å². The number of rotatable bonds is 3. The lowest BCUT2D eigenvalue weighted by Gasteiger charge is -2.38. The van der Waals surface area contributed by atoms with Crippen molar-refractivity contribution in [3.05, 3.63) is 42.0 Å². The number of nitrogens with one attached hydrogen (secondary N) is 1. The zero-order valence-corrected chi connectivity index (χ0v) is 14.1. The molecule has 134 valence electrons. The third-order valence-corrected chi connectivity index (χ3v) is 4.47. The Morgan fingerprint density at radius 3 is 2.52 bits per heavy atom. The third kappa shape index (κ3) is 3.16. The lowest BCUT2D eigenvalue weighted by Crippen LogP contribution is -2.51. The van der Waals surface area contributed by atoms with Crippen LogP contribution in [0.25, 0.3) is 10.8 Å². The van der Waals surface area contributed by atoms with Gasteiger partial charge in [-0.25, -0.2) is 0 Å². The molecule has 1 aliphatic rings. The first kappa shape index (κ1) is 17.5. The minimum absolute atomic E-state index is 0.0121. The monoisotopic (exact) mass is 352 g/mol. The number of ether oxygens (including phenoxy) is 1. The molecule has 1 amide bonds. The van der Waals surface area contributed by atoms with E-state index in [1.54, 1.807) is 44.2 Å². The topological polar surface area (TPSA) is 41.6 Å². The number of halogens is 3. The Morgan fingerprint density at radius 2 is 1.96 bits per heavy atom. The highest BCUT2D eigenvalue weighted by Crippen LogP contribution is 2.44. The van der Waals surface area contributed by atoms with E-state index in [1.165, 1.54) is 13.2 Å². The zero-order valence-electron chi connectivity index (χ0n) is 14.1. The van der Waals surface area contributed by atoms with Crippen molar-refractivity contribution in [2.45, 2.75) is 38.0 Å². The first-order chi connectivity index (χ1) is 11.6. The van der Waals surface area contributed by atoms with Gasteiger partial charge < -0.3 is 4.74 Å². The molecule has 0 radical (unpaired) electrons. The minimum Gasteiger partial charge on any atom is -0.497 e. The SMILES string of the molecule is COc1ccc2c(C(N3NC(=O)CC3(C)C)C(F)(F)F)cccc2c1. The molecule has 25 heavy (non-hydrogen) atoms. The van der Waals surface area contributed by atoms with Crippen molar-refractivity contribution in [1.29, 1.82) is 0 Å². The van der Waals surface area contributed by atoms with E-state index in [4.69, 9.17) is 4.74 Å². The fraction of sp³-hybridized carbons (Fsp3) is 0.389. The fourth-order valence-corrected chi connectivity index (χ4v) is 3.33. The van der Waals surface area contributed by atoms with Gasteiger partial charge in [-0.2, -0.15) is 18.2 Å². The second-order valence-corrected chi connectivity index (χ2v) is 6.77. The van der Waals surface area contributed by atoms with Crippen LogP contribution in [0.2, 0.25) is 0 Å². The Bertz CT molecular complexity index is 818. The van der Waals surface area contributed by atoms with Crippen LogP contribution in [0.4, 0.5) is 13.2 Å². The predicted octanol–water partition coefficient (Wildman–Crippen LogP) is 3.97.